The molecule has 0 aliphatic carbocycles. The number of esters is 1. The summed E-state index contributed by atoms with van der Waals surface area (Å²) in [5.74, 6) is 0.114. The largest absolute Gasteiger partial charge is 0.495 e. The fraction of sp³-hybridized carbons (Fsp3) is 0.333. The van der Waals surface area contributed by atoms with Crippen molar-refractivity contribution in [2.75, 3.05) is 25.6 Å². The maximum atomic E-state index is 12.5. The summed E-state index contributed by atoms with van der Waals surface area (Å²) in [6.45, 7) is 4.32. The average molecular weight is 420 g/mol. The fourth-order valence-electron chi connectivity index (χ4n) is 2.78. The quantitative estimate of drug-likeness (QED) is 0.737. The minimum atomic E-state index is -1.04. The summed E-state index contributed by atoms with van der Waals surface area (Å²) >= 11 is 6.21. The van der Waals surface area contributed by atoms with Gasteiger partial charge in [-0.2, -0.15) is 0 Å². The maximum Gasteiger partial charge on any atom is 0.339 e. The van der Waals surface area contributed by atoms with Gasteiger partial charge in [-0.05, 0) is 43.7 Å². The second-order valence-corrected chi connectivity index (χ2v) is 6.98. The zero-order valence-electron chi connectivity index (χ0n) is 16.4. The van der Waals surface area contributed by atoms with Crippen molar-refractivity contribution < 1.29 is 28.5 Å². The molecule has 0 unspecified atom stereocenters. The van der Waals surface area contributed by atoms with Gasteiger partial charge in [0.15, 0.2) is 17.6 Å². The van der Waals surface area contributed by atoms with Crippen LogP contribution in [-0.4, -0.2) is 38.3 Å². The lowest BCUT2D eigenvalue weighted by Gasteiger charge is -2.16. The zero-order valence-corrected chi connectivity index (χ0v) is 17.2. The number of hydrogen-bond donors (Lipinski definition) is 1. The lowest BCUT2D eigenvalue weighted by atomic mass is 10.2. The van der Waals surface area contributed by atoms with E-state index in [0.717, 1.165) is 5.56 Å². The third-order valence-corrected chi connectivity index (χ3v) is 4.58. The van der Waals surface area contributed by atoms with E-state index in [4.69, 9.17) is 30.5 Å². The number of methoxy groups -OCH3 is 1. The van der Waals surface area contributed by atoms with Crippen molar-refractivity contribution >= 4 is 29.2 Å². The van der Waals surface area contributed by atoms with Crippen LogP contribution in [0.1, 0.15) is 29.3 Å². The standard InChI is InChI=1S/C21H22ClNO6/c1-12-5-6-17(26-3)16(9-12)23-20(24)13(2)29-21(25)14-10-15(22)19-18(11-14)27-7-4-8-28-19/h5-6,9-11,13H,4,7-8H2,1-3H3,(H,23,24)/t13-/m1/s1. The van der Waals surface area contributed by atoms with Crippen LogP contribution in [0.3, 0.4) is 0 Å². The second-order valence-electron chi connectivity index (χ2n) is 6.58. The molecular formula is C21H22ClNO6. The molecular weight excluding hydrogens is 398 g/mol. The minimum Gasteiger partial charge on any atom is -0.495 e. The van der Waals surface area contributed by atoms with Crippen LogP contribution in [0.5, 0.6) is 17.2 Å². The van der Waals surface area contributed by atoms with Crippen LogP contribution < -0.4 is 19.5 Å². The van der Waals surface area contributed by atoms with Crippen molar-refractivity contribution in [3.05, 3.63) is 46.5 Å². The Morgan fingerprint density at radius 2 is 1.93 bits per heavy atom. The van der Waals surface area contributed by atoms with Crippen molar-refractivity contribution in [2.45, 2.75) is 26.4 Å². The van der Waals surface area contributed by atoms with E-state index in [1.165, 1.54) is 26.2 Å². The molecule has 29 heavy (non-hydrogen) atoms. The van der Waals surface area contributed by atoms with Gasteiger partial charge in [-0.25, -0.2) is 4.79 Å². The number of carbonyl (C=O) groups is 2. The van der Waals surface area contributed by atoms with Gasteiger partial charge in [0.1, 0.15) is 5.75 Å². The van der Waals surface area contributed by atoms with Crippen LogP contribution >= 0.6 is 11.6 Å². The molecule has 8 heteroatoms. The highest BCUT2D eigenvalue weighted by atomic mass is 35.5. The van der Waals surface area contributed by atoms with E-state index in [2.05, 4.69) is 5.32 Å². The molecule has 0 aromatic heterocycles. The van der Waals surface area contributed by atoms with Crippen molar-refractivity contribution in [2.24, 2.45) is 0 Å². The van der Waals surface area contributed by atoms with Gasteiger partial charge >= 0.3 is 5.97 Å². The molecule has 1 atom stereocenters. The van der Waals surface area contributed by atoms with E-state index in [1.807, 2.05) is 13.0 Å². The molecule has 0 bridgehead atoms. The number of aryl methyl sites for hydroxylation is 1. The van der Waals surface area contributed by atoms with E-state index < -0.39 is 18.0 Å². The lowest BCUT2D eigenvalue weighted by Crippen LogP contribution is -2.30. The molecule has 0 spiro atoms. The van der Waals surface area contributed by atoms with Crippen LogP contribution in [0.4, 0.5) is 5.69 Å². The van der Waals surface area contributed by atoms with Gasteiger partial charge in [0.05, 0.1) is 36.6 Å². The SMILES string of the molecule is COc1ccc(C)cc1NC(=O)[C@@H](C)OC(=O)c1cc(Cl)c2c(c1)OCCCO2. The van der Waals surface area contributed by atoms with Gasteiger partial charge in [0.2, 0.25) is 0 Å². The lowest BCUT2D eigenvalue weighted by molar-refractivity contribution is -0.123. The van der Waals surface area contributed by atoms with Crippen LogP contribution in [0, 0.1) is 6.92 Å². The van der Waals surface area contributed by atoms with Crippen molar-refractivity contribution in [1.29, 1.82) is 0 Å². The third-order valence-electron chi connectivity index (χ3n) is 4.30. The Morgan fingerprint density at radius 3 is 2.69 bits per heavy atom. The predicted octanol–water partition coefficient (Wildman–Crippen LogP) is 4.00. The van der Waals surface area contributed by atoms with Gasteiger partial charge in [-0.15, -0.1) is 0 Å². The first-order chi connectivity index (χ1) is 13.9. The summed E-state index contributed by atoms with van der Waals surface area (Å²) in [5, 5.41) is 2.96. The van der Waals surface area contributed by atoms with Crippen molar-refractivity contribution in [1.82, 2.24) is 0 Å². The first kappa shape index (κ1) is 20.8. The van der Waals surface area contributed by atoms with E-state index in [9.17, 15) is 9.59 Å². The number of anilines is 1. The second kappa shape index (κ2) is 9.05. The zero-order chi connectivity index (χ0) is 21.0. The molecule has 1 heterocycles. The molecule has 0 fully saturated rings. The molecule has 154 valence electrons. The number of halogens is 1. The Morgan fingerprint density at radius 1 is 1.17 bits per heavy atom. The Labute approximate surface area is 173 Å². The van der Waals surface area contributed by atoms with Crippen molar-refractivity contribution in [3.63, 3.8) is 0 Å². The smallest absolute Gasteiger partial charge is 0.339 e. The average Bonchev–Trinajstić information content (AvgIpc) is 2.94. The number of hydrogen-bond acceptors (Lipinski definition) is 6. The molecule has 0 saturated heterocycles. The van der Waals surface area contributed by atoms with Gasteiger partial charge in [-0.1, -0.05) is 17.7 Å². The summed E-state index contributed by atoms with van der Waals surface area (Å²) in [6.07, 6.45) is -0.327. The highest BCUT2D eigenvalue weighted by molar-refractivity contribution is 6.32. The number of amides is 1. The summed E-state index contributed by atoms with van der Waals surface area (Å²) in [7, 11) is 1.51. The Balaban J connectivity index is 1.70. The van der Waals surface area contributed by atoms with E-state index in [1.54, 1.807) is 12.1 Å². The summed E-state index contributed by atoms with van der Waals surface area (Å²) in [5.41, 5.74) is 1.62. The number of fused-ring (bicyclic) bond motifs is 1. The molecule has 1 aliphatic rings. The number of ether oxygens (including phenoxy) is 4. The highest BCUT2D eigenvalue weighted by Gasteiger charge is 2.23. The monoisotopic (exact) mass is 419 g/mol. The molecule has 0 radical (unpaired) electrons. The van der Waals surface area contributed by atoms with Crippen LogP contribution in [-0.2, 0) is 9.53 Å². The molecule has 0 saturated carbocycles. The summed E-state index contributed by atoms with van der Waals surface area (Å²) in [6, 6.07) is 8.33. The van der Waals surface area contributed by atoms with E-state index >= 15 is 0 Å². The molecule has 1 N–H and O–H groups in total. The van der Waals surface area contributed by atoms with Crippen LogP contribution in [0.15, 0.2) is 30.3 Å². The number of benzene rings is 2. The topological polar surface area (TPSA) is 83.1 Å². The number of carbonyl (C=O) groups excluding carboxylic acids is 2. The number of rotatable bonds is 5. The minimum absolute atomic E-state index is 0.173. The predicted molar refractivity (Wildman–Crippen MR) is 108 cm³/mol. The third kappa shape index (κ3) is 4.92. The Bertz CT molecular complexity index is 930. The van der Waals surface area contributed by atoms with Crippen LogP contribution in [0.2, 0.25) is 5.02 Å². The van der Waals surface area contributed by atoms with Gasteiger partial charge in [0, 0.05) is 6.42 Å². The molecule has 1 aliphatic heterocycles. The molecule has 2 aromatic rings. The number of nitrogens with one attached hydrogen (secondary N) is 1. The normalized spacial score (nSPS) is 13.8. The molecule has 3 rings (SSSR count). The van der Waals surface area contributed by atoms with Crippen molar-refractivity contribution in [3.8, 4) is 17.2 Å². The maximum absolute atomic E-state index is 12.5. The summed E-state index contributed by atoms with van der Waals surface area (Å²) in [4.78, 5) is 25.0. The van der Waals surface area contributed by atoms with E-state index in [-0.39, 0.29) is 10.6 Å². The van der Waals surface area contributed by atoms with Gasteiger partial charge in [-0.3, -0.25) is 4.79 Å². The van der Waals surface area contributed by atoms with Gasteiger partial charge < -0.3 is 24.3 Å². The van der Waals surface area contributed by atoms with Crippen LogP contribution in [0.25, 0.3) is 0 Å². The molecule has 1 amide bonds. The molecule has 7 nitrogen and oxygen atoms in total. The fourth-order valence-corrected chi connectivity index (χ4v) is 3.05. The first-order valence-electron chi connectivity index (χ1n) is 9.14. The van der Waals surface area contributed by atoms with E-state index in [0.29, 0.717) is 42.6 Å². The Kier molecular flexibility index (Phi) is 6.49. The summed E-state index contributed by atoms with van der Waals surface area (Å²) < 4.78 is 21.7. The Hall–Kier alpha value is -2.93. The molecule has 2 aromatic carbocycles. The highest BCUT2D eigenvalue weighted by Crippen LogP contribution is 2.38. The van der Waals surface area contributed by atoms with Gasteiger partial charge in [0.25, 0.3) is 5.91 Å². The first-order valence-corrected chi connectivity index (χ1v) is 9.52.